The van der Waals surface area contributed by atoms with Crippen molar-refractivity contribution >= 4 is 12.0 Å². The number of hydrazine groups is 1. The topological polar surface area (TPSA) is 95.7 Å². The number of carboxylic acid groups (broad SMARTS) is 1. The van der Waals surface area contributed by atoms with Gasteiger partial charge in [0, 0.05) is 13.1 Å². The molecule has 1 aliphatic heterocycles. The zero-order valence-electron chi connectivity index (χ0n) is 6.49. The number of carbonyl (C=O) groups excluding carboxylic acids is 1. The highest BCUT2D eigenvalue weighted by Crippen LogP contribution is 2.15. The van der Waals surface area contributed by atoms with E-state index in [0.29, 0.717) is 13.0 Å². The van der Waals surface area contributed by atoms with E-state index in [1.165, 1.54) is 4.90 Å². The van der Waals surface area contributed by atoms with Gasteiger partial charge in [-0.25, -0.2) is 10.6 Å². The maximum Gasteiger partial charge on any atom is 0.407 e. The molecule has 0 saturated carbocycles. The predicted octanol–water partition coefficient (Wildman–Crippen LogP) is -1.02. The molecule has 2 amide bonds. The molecule has 0 aromatic heterocycles. The molecule has 1 atom stereocenters. The molecule has 12 heavy (non-hydrogen) atoms. The number of amides is 2. The molecule has 68 valence electrons. The van der Waals surface area contributed by atoms with E-state index >= 15 is 0 Å². The Kier molecular flexibility index (Phi) is 2.49. The van der Waals surface area contributed by atoms with Crippen LogP contribution in [0.5, 0.6) is 0 Å². The summed E-state index contributed by atoms with van der Waals surface area (Å²) >= 11 is 0. The lowest BCUT2D eigenvalue weighted by atomic mass is 10.1. The van der Waals surface area contributed by atoms with Crippen molar-refractivity contribution < 1.29 is 14.7 Å². The maximum absolute atomic E-state index is 10.9. The molecule has 0 bridgehead atoms. The van der Waals surface area contributed by atoms with Gasteiger partial charge in [0.1, 0.15) is 0 Å². The molecule has 1 saturated heterocycles. The summed E-state index contributed by atoms with van der Waals surface area (Å²) < 4.78 is 0. The van der Waals surface area contributed by atoms with Gasteiger partial charge in [-0.1, -0.05) is 0 Å². The largest absolute Gasteiger partial charge is 0.465 e. The molecule has 0 aromatic rings. The second-order valence-corrected chi connectivity index (χ2v) is 2.72. The molecule has 4 N–H and O–H groups in total. The summed E-state index contributed by atoms with van der Waals surface area (Å²) in [5, 5.41) is 8.55. The van der Waals surface area contributed by atoms with Gasteiger partial charge in [0.05, 0.1) is 5.92 Å². The van der Waals surface area contributed by atoms with E-state index < -0.39 is 6.09 Å². The number of nitrogens with two attached hydrogens (primary N) is 1. The number of hydrogen-bond acceptors (Lipinski definition) is 3. The molecule has 1 fully saturated rings. The Bertz CT molecular complexity index is 206. The lowest BCUT2D eigenvalue weighted by molar-refractivity contribution is -0.124. The number of nitrogens with one attached hydrogen (secondary N) is 1. The maximum atomic E-state index is 10.9. The van der Waals surface area contributed by atoms with Crippen LogP contribution in [0.15, 0.2) is 0 Å². The fourth-order valence-electron chi connectivity index (χ4n) is 1.27. The lowest BCUT2D eigenvalue weighted by Gasteiger charge is -2.10. The van der Waals surface area contributed by atoms with Gasteiger partial charge >= 0.3 is 6.09 Å². The van der Waals surface area contributed by atoms with Gasteiger partial charge in [-0.05, 0) is 6.42 Å². The van der Waals surface area contributed by atoms with Crippen molar-refractivity contribution in [3.63, 3.8) is 0 Å². The van der Waals surface area contributed by atoms with Gasteiger partial charge in [-0.15, -0.1) is 0 Å². The summed E-state index contributed by atoms with van der Waals surface area (Å²) in [5.41, 5.74) is 2.01. The molecule has 6 heteroatoms. The zero-order chi connectivity index (χ0) is 9.14. The number of hydrogen-bond donors (Lipinski definition) is 3. The summed E-state index contributed by atoms with van der Waals surface area (Å²) in [6.45, 7) is 0.659. The van der Waals surface area contributed by atoms with Gasteiger partial charge in [0.2, 0.25) is 5.91 Å². The highest BCUT2D eigenvalue weighted by atomic mass is 16.4. The van der Waals surface area contributed by atoms with Crippen LogP contribution in [0.2, 0.25) is 0 Å². The Morgan fingerprint density at radius 3 is 2.67 bits per heavy atom. The average Bonchev–Trinajstić information content (AvgIpc) is 2.51. The minimum Gasteiger partial charge on any atom is -0.465 e. The second-order valence-electron chi connectivity index (χ2n) is 2.72. The molecular weight excluding hydrogens is 162 g/mol. The van der Waals surface area contributed by atoms with E-state index in [4.69, 9.17) is 10.9 Å². The summed E-state index contributed by atoms with van der Waals surface area (Å²) in [6, 6.07) is 0. The zero-order valence-corrected chi connectivity index (χ0v) is 6.49. The quantitative estimate of drug-likeness (QED) is 0.268. The van der Waals surface area contributed by atoms with Crippen molar-refractivity contribution in [2.75, 3.05) is 13.1 Å². The van der Waals surface area contributed by atoms with Crippen LogP contribution < -0.4 is 11.3 Å². The van der Waals surface area contributed by atoms with Crippen LogP contribution in [0.4, 0.5) is 4.79 Å². The number of nitrogens with zero attached hydrogens (tertiary/aromatic N) is 1. The van der Waals surface area contributed by atoms with E-state index in [1.807, 2.05) is 5.43 Å². The molecule has 1 heterocycles. The Labute approximate surface area is 69.3 Å². The van der Waals surface area contributed by atoms with Crippen LogP contribution in [-0.2, 0) is 4.79 Å². The van der Waals surface area contributed by atoms with Crippen molar-refractivity contribution in [1.29, 1.82) is 0 Å². The van der Waals surface area contributed by atoms with Gasteiger partial charge in [0.25, 0.3) is 0 Å². The highest BCUT2D eigenvalue weighted by Gasteiger charge is 2.30. The minimum atomic E-state index is -0.984. The Morgan fingerprint density at radius 2 is 2.25 bits per heavy atom. The second kappa shape index (κ2) is 3.40. The van der Waals surface area contributed by atoms with Crippen molar-refractivity contribution in [1.82, 2.24) is 10.3 Å². The van der Waals surface area contributed by atoms with Crippen LogP contribution in [0.3, 0.4) is 0 Å². The molecule has 0 aromatic carbocycles. The third-order valence-electron chi connectivity index (χ3n) is 1.97. The third kappa shape index (κ3) is 1.65. The first-order valence-electron chi connectivity index (χ1n) is 3.63. The molecular formula is C6H11N3O3. The monoisotopic (exact) mass is 173 g/mol. The van der Waals surface area contributed by atoms with Crippen LogP contribution in [0.1, 0.15) is 6.42 Å². The van der Waals surface area contributed by atoms with E-state index in [9.17, 15) is 9.59 Å². The number of carbonyl (C=O) groups is 2. The van der Waals surface area contributed by atoms with Crippen molar-refractivity contribution in [2.45, 2.75) is 6.42 Å². The van der Waals surface area contributed by atoms with Gasteiger partial charge in [-0.2, -0.15) is 0 Å². The van der Waals surface area contributed by atoms with Gasteiger partial charge in [-0.3, -0.25) is 10.2 Å². The summed E-state index contributed by atoms with van der Waals surface area (Å²) in [6.07, 6.45) is -0.433. The Balaban J connectivity index is 2.45. The van der Waals surface area contributed by atoms with E-state index in [2.05, 4.69) is 0 Å². The average molecular weight is 173 g/mol. The molecule has 0 aliphatic carbocycles. The minimum absolute atomic E-state index is 0.248. The van der Waals surface area contributed by atoms with Crippen molar-refractivity contribution in [2.24, 2.45) is 11.8 Å². The Morgan fingerprint density at radius 1 is 1.58 bits per heavy atom. The molecule has 0 spiro atoms. The molecule has 1 aliphatic rings. The predicted molar refractivity (Wildman–Crippen MR) is 40.0 cm³/mol. The van der Waals surface area contributed by atoms with Crippen molar-refractivity contribution in [3.05, 3.63) is 0 Å². The lowest BCUT2D eigenvalue weighted by Crippen LogP contribution is -2.37. The van der Waals surface area contributed by atoms with Crippen LogP contribution in [0, 0.1) is 5.92 Å². The van der Waals surface area contributed by atoms with E-state index in [0.717, 1.165) is 0 Å². The van der Waals surface area contributed by atoms with Gasteiger partial charge < -0.3 is 10.0 Å². The number of likely N-dealkylation sites (tertiary alicyclic amines) is 1. The fourth-order valence-corrected chi connectivity index (χ4v) is 1.27. The standard InChI is InChI=1S/C6H11N3O3/c7-8-5(10)4-1-2-9(3-4)6(11)12/h4H,1-3,7H2,(H,8,10)(H,11,12). The Hall–Kier alpha value is -1.30. The van der Waals surface area contributed by atoms with Gasteiger partial charge in [0.15, 0.2) is 0 Å². The van der Waals surface area contributed by atoms with E-state index in [-0.39, 0.29) is 18.4 Å². The van der Waals surface area contributed by atoms with E-state index in [1.54, 1.807) is 0 Å². The van der Waals surface area contributed by atoms with Crippen molar-refractivity contribution in [3.8, 4) is 0 Å². The smallest absolute Gasteiger partial charge is 0.407 e. The third-order valence-corrected chi connectivity index (χ3v) is 1.97. The summed E-state index contributed by atoms with van der Waals surface area (Å²) in [5.74, 6) is 4.33. The fraction of sp³-hybridized carbons (Fsp3) is 0.667. The SMILES string of the molecule is NNC(=O)C1CCN(C(=O)O)C1. The molecule has 6 nitrogen and oxygen atoms in total. The first-order chi connectivity index (χ1) is 5.65. The number of rotatable bonds is 1. The molecule has 1 unspecified atom stereocenters. The van der Waals surface area contributed by atoms with Crippen LogP contribution in [-0.4, -0.2) is 35.1 Å². The first-order valence-corrected chi connectivity index (χ1v) is 3.63. The highest BCUT2D eigenvalue weighted by molar-refractivity contribution is 5.79. The first kappa shape index (κ1) is 8.79. The summed E-state index contributed by atoms with van der Waals surface area (Å²) in [7, 11) is 0. The van der Waals surface area contributed by atoms with Crippen LogP contribution >= 0.6 is 0 Å². The normalized spacial score (nSPS) is 22.4. The van der Waals surface area contributed by atoms with Crippen LogP contribution in [0.25, 0.3) is 0 Å². The summed E-state index contributed by atoms with van der Waals surface area (Å²) in [4.78, 5) is 22.6. The molecule has 1 rings (SSSR count). The molecule has 0 radical (unpaired) electrons.